The zero-order valence-electron chi connectivity index (χ0n) is 16.4. The van der Waals surface area contributed by atoms with Gasteiger partial charge in [0.1, 0.15) is 12.4 Å². The summed E-state index contributed by atoms with van der Waals surface area (Å²) >= 11 is 0. The number of methoxy groups -OCH3 is 1. The van der Waals surface area contributed by atoms with Gasteiger partial charge in [-0.25, -0.2) is 9.82 Å². The van der Waals surface area contributed by atoms with Crippen molar-refractivity contribution in [1.82, 2.24) is 10.7 Å². The van der Waals surface area contributed by atoms with Gasteiger partial charge >= 0.3 is 11.8 Å². The van der Waals surface area contributed by atoms with Gasteiger partial charge in [-0.15, -0.1) is 0 Å². The molecule has 2 amide bonds. The van der Waals surface area contributed by atoms with Gasteiger partial charge in [-0.1, -0.05) is 25.5 Å². The molecule has 29 heavy (non-hydrogen) atoms. The first-order valence-electron chi connectivity index (χ1n) is 9.20. The molecule has 8 heteroatoms. The Hall–Kier alpha value is -3.42. The third-order valence-corrected chi connectivity index (χ3v) is 3.90. The fourth-order valence-electron chi connectivity index (χ4n) is 2.30. The molecule has 0 fully saturated rings. The maximum Gasteiger partial charge on any atom is 0.329 e. The molecule has 0 spiro atoms. The Morgan fingerprint density at radius 2 is 1.86 bits per heavy atom. The number of hydrogen-bond donors (Lipinski definition) is 2. The number of ether oxygens (including phenoxy) is 2. The molecule has 0 aliphatic carbocycles. The van der Waals surface area contributed by atoms with Crippen LogP contribution in [0.5, 0.6) is 11.5 Å². The van der Waals surface area contributed by atoms with Gasteiger partial charge in [0, 0.05) is 6.54 Å². The van der Waals surface area contributed by atoms with Crippen molar-refractivity contribution >= 4 is 18.0 Å². The van der Waals surface area contributed by atoms with Gasteiger partial charge in [0.15, 0.2) is 11.5 Å². The summed E-state index contributed by atoms with van der Waals surface area (Å²) in [6, 6.07) is 11.1. The van der Waals surface area contributed by atoms with Crippen molar-refractivity contribution in [3.05, 3.63) is 59.4 Å². The lowest BCUT2D eigenvalue weighted by Gasteiger charge is -2.11. The highest BCUT2D eigenvalue weighted by atomic mass is 19.1. The predicted octanol–water partition coefficient (Wildman–Crippen LogP) is 2.78. The monoisotopic (exact) mass is 401 g/mol. The summed E-state index contributed by atoms with van der Waals surface area (Å²) in [5, 5.41) is 6.29. The second kappa shape index (κ2) is 11.4. The second-order valence-electron chi connectivity index (χ2n) is 6.13. The number of carbonyl (C=O) groups excluding carboxylic acids is 2. The number of carbonyl (C=O) groups is 2. The number of nitrogens with zero attached hydrogens (tertiary/aromatic N) is 1. The van der Waals surface area contributed by atoms with Crippen LogP contribution >= 0.6 is 0 Å². The molecule has 0 saturated heterocycles. The molecule has 0 bridgehead atoms. The Labute approximate surface area is 168 Å². The maximum atomic E-state index is 13.0. The van der Waals surface area contributed by atoms with E-state index >= 15 is 0 Å². The minimum Gasteiger partial charge on any atom is -0.493 e. The van der Waals surface area contributed by atoms with Crippen LogP contribution in [0.2, 0.25) is 0 Å². The Kier molecular flexibility index (Phi) is 8.62. The van der Waals surface area contributed by atoms with Crippen LogP contribution in [-0.4, -0.2) is 31.7 Å². The summed E-state index contributed by atoms with van der Waals surface area (Å²) in [7, 11) is 1.50. The normalized spacial score (nSPS) is 10.6. The summed E-state index contributed by atoms with van der Waals surface area (Å²) in [4.78, 5) is 23.2. The van der Waals surface area contributed by atoms with Crippen LogP contribution in [0.4, 0.5) is 4.39 Å². The van der Waals surface area contributed by atoms with Crippen LogP contribution < -0.4 is 20.2 Å². The van der Waals surface area contributed by atoms with E-state index in [4.69, 9.17) is 9.47 Å². The molecule has 0 aliphatic rings. The van der Waals surface area contributed by atoms with Crippen molar-refractivity contribution in [2.45, 2.75) is 26.4 Å². The number of benzene rings is 2. The highest BCUT2D eigenvalue weighted by Crippen LogP contribution is 2.28. The Balaban J connectivity index is 1.91. The standard InChI is InChI=1S/C21H24FN3O4/c1-3-4-11-23-20(26)21(27)25-24-13-16-7-10-18(19(12-16)28-2)29-14-15-5-8-17(22)9-6-15/h5-10,12-13H,3-4,11,14H2,1-2H3,(H,23,26)(H,25,27)/b24-13-. The van der Waals surface area contributed by atoms with Crippen molar-refractivity contribution in [2.75, 3.05) is 13.7 Å². The van der Waals surface area contributed by atoms with Crippen molar-refractivity contribution in [1.29, 1.82) is 0 Å². The molecule has 7 nitrogen and oxygen atoms in total. The fraction of sp³-hybridized carbons (Fsp3) is 0.286. The summed E-state index contributed by atoms with van der Waals surface area (Å²) < 4.78 is 24.0. The van der Waals surface area contributed by atoms with E-state index < -0.39 is 11.8 Å². The van der Waals surface area contributed by atoms with E-state index in [0.717, 1.165) is 18.4 Å². The molecule has 0 aromatic heterocycles. The molecule has 2 aromatic carbocycles. The van der Waals surface area contributed by atoms with E-state index in [0.29, 0.717) is 23.6 Å². The average molecular weight is 401 g/mol. The number of rotatable bonds is 9. The van der Waals surface area contributed by atoms with E-state index in [1.54, 1.807) is 30.3 Å². The van der Waals surface area contributed by atoms with Crippen LogP contribution in [0.15, 0.2) is 47.6 Å². The van der Waals surface area contributed by atoms with Gasteiger partial charge in [-0.05, 0) is 47.9 Å². The van der Waals surface area contributed by atoms with Gasteiger partial charge in [0.05, 0.1) is 13.3 Å². The first kappa shape index (κ1) is 21.9. The van der Waals surface area contributed by atoms with Gasteiger partial charge in [-0.2, -0.15) is 5.10 Å². The maximum absolute atomic E-state index is 13.0. The van der Waals surface area contributed by atoms with E-state index in [1.807, 2.05) is 6.92 Å². The van der Waals surface area contributed by atoms with Crippen LogP contribution in [0.3, 0.4) is 0 Å². The summed E-state index contributed by atoms with van der Waals surface area (Å²) in [6.07, 6.45) is 3.12. The molecule has 0 saturated carbocycles. The predicted molar refractivity (Wildman–Crippen MR) is 107 cm³/mol. The second-order valence-corrected chi connectivity index (χ2v) is 6.13. The molecule has 0 radical (unpaired) electrons. The highest BCUT2D eigenvalue weighted by Gasteiger charge is 2.11. The third-order valence-electron chi connectivity index (χ3n) is 3.90. The molecule has 154 valence electrons. The lowest BCUT2D eigenvalue weighted by Crippen LogP contribution is -2.38. The first-order valence-corrected chi connectivity index (χ1v) is 9.20. The van der Waals surface area contributed by atoms with Crippen LogP contribution in [0, 0.1) is 5.82 Å². The van der Waals surface area contributed by atoms with E-state index in [2.05, 4.69) is 15.8 Å². The van der Waals surface area contributed by atoms with Crippen molar-refractivity contribution in [3.8, 4) is 11.5 Å². The lowest BCUT2D eigenvalue weighted by atomic mass is 10.2. The number of hydrazone groups is 1. The Bertz CT molecular complexity index is 854. The van der Waals surface area contributed by atoms with Gasteiger partial charge < -0.3 is 14.8 Å². The number of halogens is 1. The molecular formula is C21H24FN3O4. The average Bonchev–Trinajstić information content (AvgIpc) is 2.73. The number of unbranched alkanes of at least 4 members (excludes halogenated alkanes) is 1. The quantitative estimate of drug-likeness (QED) is 0.293. The SMILES string of the molecule is CCCCNC(=O)C(=O)N/N=C\c1ccc(OCc2ccc(F)cc2)c(OC)c1. The minimum absolute atomic E-state index is 0.257. The number of amides is 2. The highest BCUT2D eigenvalue weighted by molar-refractivity contribution is 6.35. The smallest absolute Gasteiger partial charge is 0.329 e. The van der Waals surface area contributed by atoms with Crippen molar-refractivity contribution in [2.24, 2.45) is 5.10 Å². The topological polar surface area (TPSA) is 89.0 Å². The third kappa shape index (κ3) is 7.25. The minimum atomic E-state index is -0.830. The molecule has 2 N–H and O–H groups in total. The Morgan fingerprint density at radius 3 is 2.55 bits per heavy atom. The zero-order valence-corrected chi connectivity index (χ0v) is 16.4. The van der Waals surface area contributed by atoms with Gasteiger partial charge in [0.2, 0.25) is 0 Å². The molecule has 0 unspecified atom stereocenters. The van der Waals surface area contributed by atoms with Crippen LogP contribution in [0.1, 0.15) is 30.9 Å². The first-order chi connectivity index (χ1) is 14.0. The van der Waals surface area contributed by atoms with Crippen molar-refractivity contribution < 1.29 is 23.5 Å². The van der Waals surface area contributed by atoms with Gasteiger partial charge in [0.25, 0.3) is 0 Å². The lowest BCUT2D eigenvalue weighted by molar-refractivity contribution is -0.139. The molecule has 0 heterocycles. The molecule has 0 atom stereocenters. The molecule has 2 aromatic rings. The summed E-state index contributed by atoms with van der Waals surface area (Å²) in [6.45, 7) is 2.69. The van der Waals surface area contributed by atoms with Gasteiger partial charge in [-0.3, -0.25) is 9.59 Å². The van der Waals surface area contributed by atoms with Crippen LogP contribution in [0.25, 0.3) is 0 Å². The van der Waals surface area contributed by atoms with Crippen molar-refractivity contribution in [3.63, 3.8) is 0 Å². The molecular weight excluding hydrogens is 377 g/mol. The van der Waals surface area contributed by atoms with E-state index in [9.17, 15) is 14.0 Å². The molecule has 0 aliphatic heterocycles. The van der Waals surface area contributed by atoms with E-state index in [-0.39, 0.29) is 12.4 Å². The van der Waals surface area contributed by atoms with Crippen LogP contribution in [-0.2, 0) is 16.2 Å². The zero-order chi connectivity index (χ0) is 21.1. The fourth-order valence-corrected chi connectivity index (χ4v) is 2.30. The molecule has 2 rings (SSSR count). The summed E-state index contributed by atoms with van der Waals surface area (Å²) in [5.74, 6) is -0.880. The largest absolute Gasteiger partial charge is 0.493 e. The Morgan fingerprint density at radius 1 is 1.10 bits per heavy atom. The number of nitrogens with one attached hydrogen (secondary N) is 2. The number of hydrogen-bond acceptors (Lipinski definition) is 5. The summed E-state index contributed by atoms with van der Waals surface area (Å²) in [5.41, 5.74) is 3.64. The van der Waals surface area contributed by atoms with E-state index in [1.165, 1.54) is 25.5 Å².